The van der Waals surface area contributed by atoms with Crippen LogP contribution in [0.3, 0.4) is 0 Å². The number of H-pyrrole nitrogens is 1. The molecule has 0 saturated heterocycles. The fourth-order valence-electron chi connectivity index (χ4n) is 3.91. The molecule has 0 amide bonds. The summed E-state index contributed by atoms with van der Waals surface area (Å²) >= 11 is 0. The average Bonchev–Trinajstić information content (AvgIpc) is 3.18. The van der Waals surface area contributed by atoms with Crippen molar-refractivity contribution >= 4 is 10.9 Å². The fraction of sp³-hybridized carbons (Fsp3) is 0.333. The number of nitrogens with zero attached hydrogens (tertiary/aromatic N) is 1. The number of hydrogen-bond donors (Lipinski definition) is 1. The molecule has 3 aromatic rings. The van der Waals surface area contributed by atoms with Gasteiger partial charge in [-0.05, 0) is 66.1 Å². The summed E-state index contributed by atoms with van der Waals surface area (Å²) in [5.74, 6) is 0. The Balaban J connectivity index is 1.55. The molecule has 0 aliphatic heterocycles. The summed E-state index contributed by atoms with van der Waals surface area (Å²) in [5.41, 5.74) is 5.76. The van der Waals surface area contributed by atoms with Crippen LogP contribution in [0.1, 0.15) is 30.0 Å². The third-order valence-electron chi connectivity index (χ3n) is 5.04. The average molecular weight is 304 g/mol. The summed E-state index contributed by atoms with van der Waals surface area (Å²) in [4.78, 5) is 6.02. The molecule has 1 aliphatic carbocycles. The normalized spacial score (nSPS) is 17.0. The van der Waals surface area contributed by atoms with Crippen molar-refractivity contribution in [2.45, 2.75) is 38.8 Å². The van der Waals surface area contributed by atoms with Gasteiger partial charge in [-0.3, -0.25) is 4.90 Å². The Hall–Kier alpha value is -2.06. The van der Waals surface area contributed by atoms with Gasteiger partial charge < -0.3 is 4.98 Å². The maximum absolute atomic E-state index is 3.34. The minimum Gasteiger partial charge on any atom is -0.361 e. The van der Waals surface area contributed by atoms with E-state index in [0.29, 0.717) is 6.04 Å². The highest BCUT2D eigenvalue weighted by molar-refractivity contribution is 5.81. The third kappa shape index (κ3) is 2.91. The van der Waals surface area contributed by atoms with Crippen LogP contribution < -0.4 is 0 Å². The molecule has 2 aromatic carbocycles. The minimum atomic E-state index is 0.636. The van der Waals surface area contributed by atoms with Gasteiger partial charge in [0.2, 0.25) is 0 Å². The molecule has 0 spiro atoms. The third-order valence-corrected chi connectivity index (χ3v) is 5.04. The summed E-state index contributed by atoms with van der Waals surface area (Å²) in [6.45, 7) is 4.51. The van der Waals surface area contributed by atoms with Crippen LogP contribution in [-0.4, -0.2) is 22.5 Å². The number of nitrogens with one attached hydrogen (secondary N) is 1. The van der Waals surface area contributed by atoms with E-state index >= 15 is 0 Å². The van der Waals surface area contributed by atoms with E-state index < -0.39 is 0 Å². The molecule has 0 bridgehead atoms. The van der Waals surface area contributed by atoms with E-state index in [1.165, 1.54) is 53.4 Å². The Kier molecular flexibility index (Phi) is 3.92. The molecule has 1 heterocycles. The lowest BCUT2D eigenvalue weighted by atomic mass is 10.1. The van der Waals surface area contributed by atoms with Crippen molar-refractivity contribution in [3.05, 3.63) is 71.4 Å². The second-order valence-corrected chi connectivity index (χ2v) is 6.70. The van der Waals surface area contributed by atoms with E-state index in [0.717, 1.165) is 6.54 Å². The first-order valence-corrected chi connectivity index (χ1v) is 8.70. The van der Waals surface area contributed by atoms with Crippen molar-refractivity contribution in [3.63, 3.8) is 0 Å². The van der Waals surface area contributed by atoms with Crippen molar-refractivity contribution in [1.29, 1.82) is 0 Å². The van der Waals surface area contributed by atoms with Crippen LogP contribution in [0, 0.1) is 0 Å². The summed E-state index contributed by atoms with van der Waals surface area (Å²) in [6, 6.07) is 18.4. The van der Waals surface area contributed by atoms with E-state index in [1.807, 2.05) is 6.20 Å². The molecule has 1 N–H and O–H groups in total. The lowest BCUT2D eigenvalue weighted by Crippen LogP contribution is -2.36. The monoisotopic (exact) mass is 304 g/mol. The number of fused-ring (bicyclic) bond motifs is 2. The van der Waals surface area contributed by atoms with Crippen molar-refractivity contribution in [2.24, 2.45) is 0 Å². The van der Waals surface area contributed by atoms with Gasteiger partial charge in [-0.1, -0.05) is 37.3 Å². The summed E-state index contributed by atoms with van der Waals surface area (Å²) in [7, 11) is 0. The standard InChI is InChI=1S/C21H24N2/c1-2-10-23(15-16-6-4-3-5-7-16)20-12-18-11-17-8-9-22-21(17)14-19(18)13-20/h3-9,11,14,20,22H,2,10,12-13,15H2,1H3. The predicted octanol–water partition coefficient (Wildman–Crippen LogP) is 4.55. The van der Waals surface area contributed by atoms with Crippen LogP contribution in [0.15, 0.2) is 54.7 Å². The molecular formula is C21H24N2. The van der Waals surface area contributed by atoms with Crippen LogP contribution in [-0.2, 0) is 19.4 Å². The first-order chi connectivity index (χ1) is 11.3. The quantitative estimate of drug-likeness (QED) is 0.733. The highest BCUT2D eigenvalue weighted by Gasteiger charge is 2.27. The molecule has 1 aliphatic rings. The van der Waals surface area contributed by atoms with Gasteiger partial charge in [0, 0.05) is 24.3 Å². The number of aromatic nitrogens is 1. The number of aromatic amines is 1. The largest absolute Gasteiger partial charge is 0.361 e. The lowest BCUT2D eigenvalue weighted by molar-refractivity contribution is 0.193. The molecule has 23 heavy (non-hydrogen) atoms. The van der Waals surface area contributed by atoms with Crippen LogP contribution >= 0.6 is 0 Å². The van der Waals surface area contributed by atoms with Crippen LogP contribution in [0.25, 0.3) is 10.9 Å². The Labute approximate surface area is 138 Å². The van der Waals surface area contributed by atoms with Gasteiger partial charge in [0.25, 0.3) is 0 Å². The first-order valence-electron chi connectivity index (χ1n) is 8.70. The zero-order valence-corrected chi connectivity index (χ0v) is 13.8. The fourth-order valence-corrected chi connectivity index (χ4v) is 3.91. The number of hydrogen-bond acceptors (Lipinski definition) is 1. The van der Waals surface area contributed by atoms with Crippen molar-refractivity contribution < 1.29 is 0 Å². The summed E-state index contributed by atoms with van der Waals surface area (Å²) in [6.07, 6.45) is 5.61. The highest BCUT2D eigenvalue weighted by Crippen LogP contribution is 2.30. The molecule has 0 saturated carbocycles. The van der Waals surface area contributed by atoms with Crippen LogP contribution in [0.4, 0.5) is 0 Å². The Morgan fingerprint density at radius 3 is 2.61 bits per heavy atom. The van der Waals surface area contributed by atoms with Gasteiger partial charge in [0.05, 0.1) is 0 Å². The molecule has 2 nitrogen and oxygen atoms in total. The van der Waals surface area contributed by atoms with Gasteiger partial charge in [0.15, 0.2) is 0 Å². The Morgan fingerprint density at radius 1 is 1.04 bits per heavy atom. The SMILES string of the molecule is CCCN(Cc1ccccc1)C1Cc2cc3cc[nH]c3cc2C1. The van der Waals surface area contributed by atoms with Crippen LogP contribution in [0.2, 0.25) is 0 Å². The predicted molar refractivity (Wildman–Crippen MR) is 96.6 cm³/mol. The van der Waals surface area contributed by atoms with Gasteiger partial charge >= 0.3 is 0 Å². The highest BCUT2D eigenvalue weighted by atomic mass is 15.2. The van der Waals surface area contributed by atoms with Crippen molar-refractivity contribution in [3.8, 4) is 0 Å². The maximum Gasteiger partial charge on any atom is 0.0456 e. The van der Waals surface area contributed by atoms with Gasteiger partial charge in [-0.15, -0.1) is 0 Å². The topological polar surface area (TPSA) is 19.0 Å². The second-order valence-electron chi connectivity index (χ2n) is 6.70. The summed E-state index contributed by atoms with van der Waals surface area (Å²) < 4.78 is 0. The zero-order valence-electron chi connectivity index (χ0n) is 13.8. The second kappa shape index (κ2) is 6.21. The van der Waals surface area contributed by atoms with E-state index in [9.17, 15) is 0 Å². The molecule has 1 atom stereocenters. The van der Waals surface area contributed by atoms with E-state index in [1.54, 1.807) is 0 Å². The van der Waals surface area contributed by atoms with Crippen molar-refractivity contribution in [1.82, 2.24) is 9.88 Å². The van der Waals surface area contributed by atoms with Gasteiger partial charge in [0.1, 0.15) is 0 Å². The number of benzene rings is 2. The van der Waals surface area contributed by atoms with Gasteiger partial charge in [-0.2, -0.15) is 0 Å². The minimum absolute atomic E-state index is 0.636. The Bertz CT molecular complexity index is 748. The van der Waals surface area contributed by atoms with E-state index in [2.05, 4.69) is 65.3 Å². The van der Waals surface area contributed by atoms with E-state index in [-0.39, 0.29) is 0 Å². The Morgan fingerprint density at radius 2 is 1.83 bits per heavy atom. The first kappa shape index (κ1) is 14.5. The van der Waals surface area contributed by atoms with Crippen molar-refractivity contribution in [2.75, 3.05) is 6.54 Å². The molecule has 1 aromatic heterocycles. The molecule has 118 valence electrons. The van der Waals surface area contributed by atoms with Crippen LogP contribution in [0.5, 0.6) is 0 Å². The number of rotatable bonds is 5. The summed E-state index contributed by atoms with van der Waals surface area (Å²) in [5, 5.41) is 1.34. The molecule has 2 heteroatoms. The van der Waals surface area contributed by atoms with Gasteiger partial charge in [-0.25, -0.2) is 0 Å². The maximum atomic E-state index is 3.34. The zero-order chi connectivity index (χ0) is 15.6. The molecule has 4 rings (SSSR count). The molecule has 1 unspecified atom stereocenters. The van der Waals surface area contributed by atoms with E-state index in [4.69, 9.17) is 0 Å². The molecular weight excluding hydrogens is 280 g/mol. The lowest BCUT2D eigenvalue weighted by Gasteiger charge is -2.28. The molecule has 0 fully saturated rings. The molecule has 0 radical (unpaired) electrons. The smallest absolute Gasteiger partial charge is 0.0456 e.